The van der Waals surface area contributed by atoms with Crippen molar-refractivity contribution in [3.05, 3.63) is 94.0 Å². The normalized spacial score (nSPS) is 11.2. The fraction of sp³-hybridized carbons (Fsp3) is 0.348. The number of rotatable bonds is 18. The Morgan fingerprint density at radius 1 is 0.404 bits per heavy atom. The van der Waals surface area contributed by atoms with Gasteiger partial charge in [0.1, 0.15) is 62.8 Å². The second-order valence-electron chi connectivity index (χ2n) is 16.7. The molecule has 0 aromatic heterocycles. The first-order valence-electron chi connectivity index (χ1n) is 22.2. The fourth-order valence-corrected chi connectivity index (χ4v) is 9.18. The molecule has 288 valence electrons. The van der Waals surface area contributed by atoms with Gasteiger partial charge in [-0.25, -0.2) is 0 Å². The lowest BCUT2D eigenvalue weighted by Gasteiger charge is -2.36. The Bertz CT molecular complexity index is 1950. The van der Waals surface area contributed by atoms with Gasteiger partial charge in [-0.05, 0) is 98.9 Å². The minimum absolute atomic E-state index is 0.746. The van der Waals surface area contributed by atoms with E-state index in [4.69, 9.17) is 11.6 Å². The zero-order valence-corrected chi connectivity index (χ0v) is 38.4. The van der Waals surface area contributed by atoms with Crippen molar-refractivity contribution in [1.29, 1.82) is 0 Å². The highest BCUT2D eigenvalue weighted by molar-refractivity contribution is 6.62. The number of aryl methyl sites for hydroxylation is 2. The van der Waals surface area contributed by atoms with Gasteiger partial charge < -0.3 is 9.80 Å². The van der Waals surface area contributed by atoms with Crippen LogP contribution in [0.25, 0.3) is 0 Å². The molecule has 57 heavy (non-hydrogen) atoms. The molecule has 0 unspecified atom stereocenters. The van der Waals surface area contributed by atoms with Crippen LogP contribution >= 0.6 is 11.6 Å². The molecule has 0 amide bonds. The molecule has 0 spiro atoms. The molecule has 0 atom stereocenters. The van der Waals surface area contributed by atoms with Crippen molar-refractivity contribution in [3.63, 3.8) is 0 Å². The van der Waals surface area contributed by atoms with Crippen LogP contribution in [0.15, 0.2) is 66.7 Å². The Morgan fingerprint density at radius 3 is 1.00 bits per heavy atom. The van der Waals surface area contributed by atoms with E-state index in [9.17, 15) is 0 Å². The highest BCUT2D eigenvalue weighted by Crippen LogP contribution is 2.45. The summed E-state index contributed by atoms with van der Waals surface area (Å²) in [4.78, 5) is 4.92. The molecule has 0 saturated heterocycles. The third kappa shape index (κ3) is 9.54. The maximum absolute atomic E-state index is 7.98. The van der Waals surface area contributed by atoms with Gasteiger partial charge >= 0.3 is 0 Å². The first-order chi connectivity index (χ1) is 27.4. The molecule has 2 nitrogen and oxygen atoms in total. The Morgan fingerprint density at radius 2 is 0.702 bits per heavy atom. The quantitative estimate of drug-likeness (QED) is 0.122. The number of nitrogens with zero attached hydrogens (tertiary/aromatic N) is 2. The summed E-state index contributed by atoms with van der Waals surface area (Å²) < 4.78 is 0. The minimum atomic E-state index is 0.746. The summed E-state index contributed by atoms with van der Waals surface area (Å²) in [6.07, 6.45) is 14.0. The lowest BCUT2D eigenvalue weighted by atomic mass is 9.65. The van der Waals surface area contributed by atoms with Crippen LogP contribution in [0.1, 0.15) is 101 Å². The third-order valence-corrected chi connectivity index (χ3v) is 13.3. The van der Waals surface area contributed by atoms with E-state index < -0.39 is 0 Å². The van der Waals surface area contributed by atoms with Crippen molar-refractivity contribution >= 4 is 152 Å². The number of halogens is 1. The molecule has 11 heteroatoms. The van der Waals surface area contributed by atoms with Crippen molar-refractivity contribution in [2.45, 2.75) is 105 Å². The third-order valence-electron chi connectivity index (χ3n) is 13.0. The molecule has 5 aromatic carbocycles. The van der Waals surface area contributed by atoms with E-state index in [0.29, 0.717) is 0 Å². The van der Waals surface area contributed by atoms with Crippen molar-refractivity contribution in [2.75, 3.05) is 9.80 Å². The predicted molar refractivity (Wildman–Crippen MR) is 281 cm³/mol. The number of hydrogen-bond donors (Lipinski definition) is 0. The van der Waals surface area contributed by atoms with Crippen LogP contribution in [0.2, 0.25) is 5.02 Å². The van der Waals surface area contributed by atoms with Crippen LogP contribution in [-0.2, 0) is 25.7 Å². The van der Waals surface area contributed by atoms with E-state index in [-0.39, 0.29) is 0 Å². The summed E-state index contributed by atoms with van der Waals surface area (Å²) in [5.74, 6) is 0. The molecule has 5 rings (SSSR count). The minimum Gasteiger partial charge on any atom is -0.310 e. The number of unbranched alkanes of at least 4 members (excludes halogenated alkanes) is 4. The van der Waals surface area contributed by atoms with Gasteiger partial charge in [0.15, 0.2) is 0 Å². The Kier molecular flexibility index (Phi) is 16.0. The molecular weight excluding hydrogens is 702 g/mol. The van der Waals surface area contributed by atoms with Crippen LogP contribution in [0.3, 0.4) is 0 Å². The smallest absolute Gasteiger partial charge is 0.141 e. The zero-order valence-electron chi connectivity index (χ0n) is 37.6. The maximum Gasteiger partial charge on any atom is 0.141 e. The van der Waals surface area contributed by atoms with Gasteiger partial charge in [-0.2, -0.15) is 0 Å². The molecule has 0 N–H and O–H groups in total. The van der Waals surface area contributed by atoms with E-state index in [1.54, 1.807) is 0 Å². The van der Waals surface area contributed by atoms with Crippen molar-refractivity contribution in [1.82, 2.24) is 0 Å². The number of hydrogen-bond acceptors (Lipinski definition) is 2. The van der Waals surface area contributed by atoms with Gasteiger partial charge in [-0.15, -0.1) is 0 Å². The summed E-state index contributed by atoms with van der Waals surface area (Å²) in [5.41, 5.74) is 23.3. The SMILES string of the molecule is Bc1c(B)c(N(c2ccc(CCCC)cc2)c2cccc(N(c3ccc(CCCC)cc3)c3c(B)c(B)c(CCCC)c(B)c3B)c2Cl)c(B)c(B)c1CCCC. The highest BCUT2D eigenvalue weighted by atomic mass is 35.5. The van der Waals surface area contributed by atoms with Gasteiger partial charge in [-0.1, -0.05) is 150 Å². The van der Waals surface area contributed by atoms with Crippen LogP contribution in [0, 0.1) is 0 Å². The summed E-state index contributed by atoms with van der Waals surface area (Å²) in [5, 5.41) is 0.746. The molecule has 5 aromatic rings. The average molecular weight is 766 g/mol. The van der Waals surface area contributed by atoms with Gasteiger partial charge in [0.2, 0.25) is 0 Å². The van der Waals surface area contributed by atoms with Crippen LogP contribution in [0.4, 0.5) is 34.1 Å². The molecule has 0 aliphatic heterocycles. The van der Waals surface area contributed by atoms with Gasteiger partial charge in [-0.3, -0.25) is 0 Å². The fourth-order valence-electron chi connectivity index (χ4n) is 8.88. The predicted octanol–water partition coefficient (Wildman–Crippen LogP) is 0.717. The molecule has 0 heterocycles. The summed E-state index contributed by atoms with van der Waals surface area (Å²) in [7, 11) is 18.6. The van der Waals surface area contributed by atoms with E-state index in [1.165, 1.54) is 129 Å². The van der Waals surface area contributed by atoms with Crippen molar-refractivity contribution < 1.29 is 0 Å². The monoisotopic (exact) mass is 767 g/mol. The Labute approximate surface area is 359 Å². The molecule has 0 fully saturated rings. The van der Waals surface area contributed by atoms with E-state index in [0.717, 1.165) is 53.5 Å². The first kappa shape index (κ1) is 44.6. The Balaban J connectivity index is 1.81. The first-order valence-corrected chi connectivity index (χ1v) is 22.5. The maximum atomic E-state index is 7.98. The van der Waals surface area contributed by atoms with Gasteiger partial charge in [0.05, 0.1) is 16.4 Å². The highest BCUT2D eigenvalue weighted by Gasteiger charge is 2.28. The van der Waals surface area contributed by atoms with Gasteiger partial charge in [0, 0.05) is 22.7 Å². The molecule has 0 bridgehead atoms. The Hall–Kier alpha value is -3.49. The van der Waals surface area contributed by atoms with Crippen molar-refractivity contribution in [3.8, 4) is 0 Å². The van der Waals surface area contributed by atoms with Crippen LogP contribution in [-0.4, -0.2) is 62.8 Å². The largest absolute Gasteiger partial charge is 0.310 e. The topological polar surface area (TPSA) is 6.48 Å². The number of anilines is 6. The molecule has 0 radical (unpaired) electrons. The molecular formula is C46H63B8ClN2. The summed E-state index contributed by atoms with van der Waals surface area (Å²) >= 11 is 7.98. The standard InChI is InChI=1S/C46H63B8ClN2/c1-5-9-14-28-20-24-30(25-21-28)56(45-40(51)36(47)32(16-11-7-3)37(48)41(45)52)34-18-13-19-35(44(34)55)57(31-26-22-29(23-27-31)15-10-6-2)46-42(53)38(49)33(17-12-8-4)39(50)43(46)54/h13,18-27H,5-12,14-17,47-54H2,1-4H3. The summed E-state index contributed by atoms with van der Waals surface area (Å²) in [6.45, 7) is 9.11. The molecule has 0 aliphatic carbocycles. The second kappa shape index (κ2) is 20.5. The zero-order chi connectivity index (χ0) is 41.4. The van der Waals surface area contributed by atoms with Crippen LogP contribution < -0.4 is 53.5 Å². The number of benzene rings is 5. The molecule has 0 saturated carbocycles. The van der Waals surface area contributed by atoms with Crippen molar-refractivity contribution in [2.24, 2.45) is 0 Å². The summed E-state index contributed by atoms with van der Waals surface area (Å²) in [6, 6.07) is 25.2. The molecule has 0 aliphatic rings. The van der Waals surface area contributed by atoms with Crippen LogP contribution in [0.5, 0.6) is 0 Å². The van der Waals surface area contributed by atoms with E-state index >= 15 is 0 Å². The van der Waals surface area contributed by atoms with E-state index in [2.05, 4.69) is 167 Å². The van der Waals surface area contributed by atoms with E-state index in [1.807, 2.05) is 0 Å². The lowest BCUT2D eigenvalue weighted by molar-refractivity contribution is 0.795. The second-order valence-corrected chi connectivity index (χ2v) is 17.1. The average Bonchev–Trinajstić information content (AvgIpc) is 3.22. The van der Waals surface area contributed by atoms with Gasteiger partial charge in [0.25, 0.3) is 0 Å². The lowest BCUT2D eigenvalue weighted by Crippen LogP contribution is -2.48.